The molecule has 0 spiro atoms. The van der Waals surface area contributed by atoms with Crippen molar-refractivity contribution >= 4 is 22.9 Å². The van der Waals surface area contributed by atoms with Crippen LogP contribution in [0.2, 0.25) is 0 Å². The highest BCUT2D eigenvalue weighted by atomic mass is 32.1. The van der Waals surface area contributed by atoms with Crippen LogP contribution < -0.4 is 4.90 Å². The molecule has 0 saturated carbocycles. The lowest BCUT2D eigenvalue weighted by molar-refractivity contribution is -0.128. The van der Waals surface area contributed by atoms with Gasteiger partial charge < -0.3 is 9.64 Å². The number of hydrogen-bond acceptors (Lipinski definition) is 5. The first kappa shape index (κ1) is 16.7. The predicted octanol–water partition coefficient (Wildman–Crippen LogP) is 2.71. The molecule has 25 heavy (non-hydrogen) atoms. The van der Waals surface area contributed by atoms with Gasteiger partial charge in [-0.25, -0.2) is 0 Å². The Balaban J connectivity index is 1.44. The molecule has 2 aromatic rings. The quantitative estimate of drug-likeness (QED) is 0.847. The van der Waals surface area contributed by atoms with Crippen molar-refractivity contribution in [3.05, 3.63) is 46.4 Å². The van der Waals surface area contributed by atoms with Gasteiger partial charge in [0.05, 0.1) is 30.0 Å². The number of anilines is 1. The topological polar surface area (TPSA) is 45.7 Å². The summed E-state index contributed by atoms with van der Waals surface area (Å²) in [5.74, 6) is 0.179. The summed E-state index contributed by atoms with van der Waals surface area (Å²) >= 11 is 1.62. The van der Waals surface area contributed by atoms with Gasteiger partial charge >= 0.3 is 0 Å². The Labute approximate surface area is 152 Å². The first-order valence-corrected chi connectivity index (χ1v) is 9.75. The SMILES string of the molecule is Cc1cccc(CN2CC[C@@H]3C(=O)N(c4ccsc4)CCO[C@@H]3C2)n1. The molecule has 0 radical (unpaired) electrons. The van der Waals surface area contributed by atoms with Gasteiger partial charge in [0.1, 0.15) is 0 Å². The summed E-state index contributed by atoms with van der Waals surface area (Å²) in [5.41, 5.74) is 3.13. The third-order valence-corrected chi connectivity index (χ3v) is 5.69. The van der Waals surface area contributed by atoms with Crippen molar-refractivity contribution in [2.75, 3.05) is 31.1 Å². The summed E-state index contributed by atoms with van der Waals surface area (Å²) in [4.78, 5) is 21.9. The zero-order chi connectivity index (χ0) is 17.2. The van der Waals surface area contributed by atoms with Crippen molar-refractivity contribution in [2.45, 2.75) is 26.0 Å². The van der Waals surface area contributed by atoms with Gasteiger partial charge in [0.2, 0.25) is 5.91 Å². The van der Waals surface area contributed by atoms with E-state index in [1.54, 1.807) is 11.3 Å². The van der Waals surface area contributed by atoms with Crippen LogP contribution in [0.3, 0.4) is 0 Å². The second-order valence-corrected chi connectivity index (χ2v) is 7.56. The molecule has 4 heterocycles. The van der Waals surface area contributed by atoms with Crippen molar-refractivity contribution in [1.82, 2.24) is 9.88 Å². The molecule has 5 nitrogen and oxygen atoms in total. The number of nitrogens with zero attached hydrogens (tertiary/aromatic N) is 3. The number of rotatable bonds is 3. The standard InChI is InChI=1S/C19H23N3O2S/c1-14-3-2-4-15(20-14)11-21-7-5-17-18(12-21)24-9-8-22(19(17)23)16-6-10-25-13-16/h2-4,6,10,13,17-18H,5,7-9,11-12H2,1H3/t17-,18+/m0/s1. The van der Waals surface area contributed by atoms with Crippen LogP contribution in [0.1, 0.15) is 17.8 Å². The van der Waals surface area contributed by atoms with E-state index in [4.69, 9.17) is 4.74 Å². The maximum Gasteiger partial charge on any atom is 0.232 e. The van der Waals surface area contributed by atoms with Gasteiger partial charge in [0, 0.05) is 30.7 Å². The van der Waals surface area contributed by atoms with E-state index in [2.05, 4.69) is 22.0 Å². The van der Waals surface area contributed by atoms with E-state index in [0.717, 1.165) is 43.1 Å². The van der Waals surface area contributed by atoms with Crippen LogP contribution in [-0.2, 0) is 16.1 Å². The monoisotopic (exact) mass is 357 g/mol. The van der Waals surface area contributed by atoms with E-state index in [-0.39, 0.29) is 17.9 Å². The molecule has 2 aliphatic heterocycles. The second-order valence-electron chi connectivity index (χ2n) is 6.78. The van der Waals surface area contributed by atoms with Gasteiger partial charge in [0.25, 0.3) is 0 Å². The van der Waals surface area contributed by atoms with Crippen LogP contribution in [0.25, 0.3) is 0 Å². The lowest BCUT2D eigenvalue weighted by Crippen LogP contribution is -2.49. The van der Waals surface area contributed by atoms with E-state index < -0.39 is 0 Å². The molecule has 0 N–H and O–H groups in total. The number of amides is 1. The summed E-state index contributed by atoms with van der Waals surface area (Å²) in [5, 5.41) is 4.06. The fourth-order valence-electron chi connectivity index (χ4n) is 3.77. The van der Waals surface area contributed by atoms with E-state index in [9.17, 15) is 4.79 Å². The Bertz CT molecular complexity index is 734. The number of carbonyl (C=O) groups excluding carboxylic acids is 1. The predicted molar refractivity (Wildman–Crippen MR) is 98.8 cm³/mol. The van der Waals surface area contributed by atoms with Crippen LogP contribution in [0.15, 0.2) is 35.0 Å². The molecule has 0 unspecified atom stereocenters. The molecule has 0 bridgehead atoms. The maximum absolute atomic E-state index is 13.0. The smallest absolute Gasteiger partial charge is 0.232 e. The van der Waals surface area contributed by atoms with Gasteiger partial charge in [-0.2, -0.15) is 11.3 Å². The maximum atomic E-state index is 13.0. The zero-order valence-electron chi connectivity index (χ0n) is 14.4. The number of aromatic nitrogens is 1. The number of ether oxygens (including phenoxy) is 1. The molecule has 2 atom stereocenters. The Morgan fingerprint density at radius 1 is 1.32 bits per heavy atom. The van der Waals surface area contributed by atoms with E-state index in [1.807, 2.05) is 34.7 Å². The summed E-state index contributed by atoms with van der Waals surface area (Å²) in [6.07, 6.45) is 0.824. The fraction of sp³-hybridized carbons (Fsp3) is 0.474. The average Bonchev–Trinajstić information content (AvgIpc) is 3.07. The summed E-state index contributed by atoms with van der Waals surface area (Å²) in [6, 6.07) is 8.15. The molecule has 2 aliphatic rings. The number of carbonyl (C=O) groups is 1. The number of hydrogen-bond donors (Lipinski definition) is 0. The molecule has 1 amide bonds. The van der Waals surface area contributed by atoms with Gasteiger partial charge in [-0.1, -0.05) is 6.07 Å². The van der Waals surface area contributed by atoms with E-state index in [1.165, 1.54) is 0 Å². The molecular weight excluding hydrogens is 334 g/mol. The minimum absolute atomic E-state index is 0.0188. The molecule has 4 rings (SSSR count). The van der Waals surface area contributed by atoms with Crippen LogP contribution >= 0.6 is 11.3 Å². The highest BCUT2D eigenvalue weighted by Gasteiger charge is 2.39. The van der Waals surface area contributed by atoms with Crippen molar-refractivity contribution in [3.63, 3.8) is 0 Å². The molecule has 132 valence electrons. The zero-order valence-corrected chi connectivity index (χ0v) is 15.2. The largest absolute Gasteiger partial charge is 0.374 e. The molecule has 0 aromatic carbocycles. The Morgan fingerprint density at radius 2 is 2.24 bits per heavy atom. The Morgan fingerprint density at radius 3 is 3.04 bits per heavy atom. The van der Waals surface area contributed by atoms with Crippen molar-refractivity contribution < 1.29 is 9.53 Å². The first-order valence-electron chi connectivity index (χ1n) is 8.81. The van der Waals surface area contributed by atoms with Crippen LogP contribution in [0, 0.1) is 12.8 Å². The number of thiophene rings is 1. The Kier molecular flexibility index (Phi) is 4.83. The third kappa shape index (κ3) is 3.61. The molecule has 6 heteroatoms. The second kappa shape index (κ2) is 7.23. The molecule has 2 aromatic heterocycles. The van der Waals surface area contributed by atoms with Gasteiger partial charge in [-0.3, -0.25) is 14.7 Å². The minimum atomic E-state index is -0.0379. The fourth-order valence-corrected chi connectivity index (χ4v) is 4.41. The summed E-state index contributed by atoms with van der Waals surface area (Å²) in [7, 11) is 0. The lowest BCUT2D eigenvalue weighted by atomic mass is 9.92. The Hall–Kier alpha value is -1.76. The molecule has 0 aliphatic carbocycles. The highest BCUT2D eigenvalue weighted by Crippen LogP contribution is 2.29. The highest BCUT2D eigenvalue weighted by molar-refractivity contribution is 7.08. The van der Waals surface area contributed by atoms with Crippen molar-refractivity contribution in [1.29, 1.82) is 0 Å². The lowest BCUT2D eigenvalue weighted by Gasteiger charge is -2.36. The number of aryl methyl sites for hydroxylation is 1. The first-order chi connectivity index (χ1) is 12.2. The van der Waals surface area contributed by atoms with Gasteiger partial charge in [0.15, 0.2) is 0 Å². The number of likely N-dealkylation sites (tertiary alicyclic amines) is 1. The van der Waals surface area contributed by atoms with E-state index in [0.29, 0.717) is 13.2 Å². The number of fused-ring (bicyclic) bond motifs is 1. The molecule has 2 fully saturated rings. The van der Waals surface area contributed by atoms with Gasteiger partial charge in [-0.05, 0) is 43.5 Å². The third-order valence-electron chi connectivity index (χ3n) is 5.02. The number of pyridine rings is 1. The summed E-state index contributed by atoms with van der Waals surface area (Å²) in [6.45, 7) is 5.77. The van der Waals surface area contributed by atoms with E-state index >= 15 is 0 Å². The normalized spacial score (nSPS) is 24.8. The van der Waals surface area contributed by atoms with Crippen LogP contribution in [-0.4, -0.2) is 48.1 Å². The van der Waals surface area contributed by atoms with Crippen molar-refractivity contribution in [3.8, 4) is 0 Å². The van der Waals surface area contributed by atoms with Crippen molar-refractivity contribution in [2.24, 2.45) is 5.92 Å². The summed E-state index contributed by atoms with van der Waals surface area (Å²) < 4.78 is 6.08. The van der Waals surface area contributed by atoms with Crippen LogP contribution in [0.4, 0.5) is 5.69 Å². The molecular formula is C19H23N3O2S. The number of piperidine rings is 1. The average molecular weight is 357 g/mol. The molecule has 2 saturated heterocycles. The van der Waals surface area contributed by atoms with Crippen LogP contribution in [0.5, 0.6) is 0 Å². The minimum Gasteiger partial charge on any atom is -0.374 e. The van der Waals surface area contributed by atoms with Gasteiger partial charge in [-0.15, -0.1) is 0 Å².